The molecule has 0 radical (unpaired) electrons. The van der Waals surface area contributed by atoms with Crippen molar-refractivity contribution in [1.82, 2.24) is 19.8 Å². The van der Waals surface area contributed by atoms with Gasteiger partial charge >= 0.3 is 0 Å². The second-order valence-electron chi connectivity index (χ2n) is 5.21. The molecule has 1 fully saturated rings. The van der Waals surface area contributed by atoms with E-state index in [1.54, 1.807) is 4.52 Å². The minimum Gasteiger partial charge on any atom is -0.396 e. The van der Waals surface area contributed by atoms with Gasteiger partial charge in [-0.05, 0) is 25.7 Å². The molecule has 19 heavy (non-hydrogen) atoms. The Morgan fingerprint density at radius 2 is 2.11 bits per heavy atom. The van der Waals surface area contributed by atoms with Crippen LogP contribution >= 0.6 is 0 Å². The third-order valence-corrected chi connectivity index (χ3v) is 3.70. The van der Waals surface area contributed by atoms with Gasteiger partial charge in [-0.1, -0.05) is 13.8 Å². The van der Waals surface area contributed by atoms with Crippen LogP contribution in [0.4, 0.5) is 11.5 Å². The number of nitrogen functional groups attached to an aromatic ring is 1. The number of hydrogen-bond acceptors (Lipinski definition) is 5. The van der Waals surface area contributed by atoms with Crippen LogP contribution in [0.25, 0.3) is 5.65 Å². The summed E-state index contributed by atoms with van der Waals surface area (Å²) in [6.45, 7) is 4.33. The van der Waals surface area contributed by atoms with Gasteiger partial charge in [0.25, 0.3) is 0 Å². The molecule has 2 heterocycles. The number of fused-ring (bicyclic) bond motifs is 1. The van der Waals surface area contributed by atoms with Gasteiger partial charge in [0.2, 0.25) is 5.65 Å². The lowest BCUT2D eigenvalue weighted by atomic mass is 10.2. The zero-order valence-electron chi connectivity index (χ0n) is 11.4. The van der Waals surface area contributed by atoms with Crippen LogP contribution in [0.3, 0.4) is 0 Å². The number of aromatic nitrogens is 4. The lowest BCUT2D eigenvalue weighted by Crippen LogP contribution is -2.19. The third-order valence-electron chi connectivity index (χ3n) is 3.70. The van der Waals surface area contributed by atoms with Crippen molar-refractivity contribution in [3.63, 3.8) is 0 Å². The Kier molecular flexibility index (Phi) is 3.00. The van der Waals surface area contributed by atoms with Crippen molar-refractivity contribution in [2.75, 3.05) is 11.1 Å². The van der Waals surface area contributed by atoms with Crippen molar-refractivity contribution in [2.24, 2.45) is 0 Å². The van der Waals surface area contributed by atoms with Crippen molar-refractivity contribution in [1.29, 1.82) is 0 Å². The molecule has 2 aromatic rings. The summed E-state index contributed by atoms with van der Waals surface area (Å²) in [7, 11) is 0. The molecule has 6 nitrogen and oxygen atoms in total. The van der Waals surface area contributed by atoms with Crippen LogP contribution in [0.2, 0.25) is 0 Å². The minimum atomic E-state index is 0.421. The number of anilines is 2. The van der Waals surface area contributed by atoms with Crippen molar-refractivity contribution >= 4 is 17.2 Å². The summed E-state index contributed by atoms with van der Waals surface area (Å²) in [5, 5.41) is 16.4. The molecule has 0 amide bonds. The highest BCUT2D eigenvalue weighted by molar-refractivity contribution is 5.67. The molecular formula is C13H20N6. The topological polar surface area (TPSA) is 81.1 Å². The van der Waals surface area contributed by atoms with Gasteiger partial charge in [-0.25, -0.2) is 0 Å². The van der Waals surface area contributed by atoms with Gasteiger partial charge in [-0.15, -0.1) is 15.3 Å². The maximum absolute atomic E-state index is 6.05. The SMILES string of the molecule is CCC(CC)Nc1cc(N)c2nnc(C3CC3)n2n1. The standard InChI is InChI=1S/C13H20N6/c1-3-9(4-2)15-11-7-10(14)13-17-16-12(8-5-6-8)19(13)18-11/h7-9H,3-6,14H2,1-2H3,(H,15,18). The molecule has 1 aliphatic carbocycles. The number of nitrogens with two attached hydrogens (primary N) is 1. The van der Waals surface area contributed by atoms with Crippen molar-refractivity contribution in [3.8, 4) is 0 Å². The Morgan fingerprint density at radius 3 is 2.74 bits per heavy atom. The molecule has 3 rings (SSSR count). The molecule has 3 N–H and O–H groups in total. The molecule has 0 saturated heterocycles. The summed E-state index contributed by atoms with van der Waals surface area (Å²) >= 11 is 0. The van der Waals surface area contributed by atoms with Gasteiger partial charge in [-0.2, -0.15) is 4.52 Å². The second kappa shape index (κ2) is 4.68. The van der Waals surface area contributed by atoms with Gasteiger partial charge in [0.15, 0.2) is 5.82 Å². The van der Waals surface area contributed by atoms with Crippen molar-refractivity contribution in [2.45, 2.75) is 51.5 Å². The number of nitrogens with one attached hydrogen (secondary N) is 1. The van der Waals surface area contributed by atoms with Crippen molar-refractivity contribution < 1.29 is 0 Å². The number of hydrogen-bond donors (Lipinski definition) is 2. The van der Waals surface area contributed by atoms with E-state index in [4.69, 9.17) is 5.73 Å². The zero-order valence-corrected chi connectivity index (χ0v) is 11.4. The summed E-state index contributed by atoms with van der Waals surface area (Å²) in [4.78, 5) is 0. The summed E-state index contributed by atoms with van der Waals surface area (Å²) in [6.07, 6.45) is 4.47. The van der Waals surface area contributed by atoms with E-state index in [1.807, 2.05) is 6.07 Å². The molecule has 0 atom stereocenters. The van der Waals surface area contributed by atoms with Gasteiger partial charge in [0.05, 0.1) is 5.69 Å². The van der Waals surface area contributed by atoms with Crippen LogP contribution in [0, 0.1) is 0 Å². The molecule has 0 aliphatic heterocycles. The fourth-order valence-corrected chi connectivity index (χ4v) is 2.29. The first-order valence-corrected chi connectivity index (χ1v) is 7.01. The average molecular weight is 260 g/mol. The van der Waals surface area contributed by atoms with Crippen molar-refractivity contribution in [3.05, 3.63) is 11.9 Å². The molecular weight excluding hydrogens is 240 g/mol. The quantitative estimate of drug-likeness (QED) is 0.861. The molecule has 0 aromatic carbocycles. The molecule has 1 saturated carbocycles. The first-order chi connectivity index (χ1) is 9.22. The normalized spacial score (nSPS) is 15.3. The summed E-state index contributed by atoms with van der Waals surface area (Å²) in [5.41, 5.74) is 7.34. The van der Waals surface area contributed by atoms with E-state index >= 15 is 0 Å². The van der Waals surface area contributed by atoms with Crippen LogP contribution in [0.5, 0.6) is 0 Å². The predicted molar refractivity (Wildman–Crippen MR) is 75.2 cm³/mol. The van der Waals surface area contributed by atoms with Gasteiger partial charge < -0.3 is 11.1 Å². The Bertz CT molecular complexity index is 582. The van der Waals surface area contributed by atoms with Crippen LogP contribution in [-0.2, 0) is 0 Å². The largest absolute Gasteiger partial charge is 0.396 e. The highest BCUT2D eigenvalue weighted by Crippen LogP contribution is 2.39. The van der Waals surface area contributed by atoms with E-state index in [2.05, 4.69) is 34.5 Å². The Balaban J connectivity index is 1.99. The smallest absolute Gasteiger partial charge is 0.200 e. The Morgan fingerprint density at radius 1 is 1.37 bits per heavy atom. The summed E-state index contributed by atoms with van der Waals surface area (Å²) < 4.78 is 1.80. The fraction of sp³-hybridized carbons (Fsp3) is 0.615. The highest BCUT2D eigenvalue weighted by Gasteiger charge is 2.29. The average Bonchev–Trinajstić information content (AvgIpc) is 3.16. The first kappa shape index (κ1) is 12.2. The molecule has 6 heteroatoms. The fourth-order valence-electron chi connectivity index (χ4n) is 2.29. The highest BCUT2D eigenvalue weighted by atomic mass is 15.4. The first-order valence-electron chi connectivity index (χ1n) is 7.01. The molecule has 1 aliphatic rings. The van der Waals surface area contributed by atoms with E-state index in [-0.39, 0.29) is 0 Å². The molecule has 0 spiro atoms. The van der Waals surface area contributed by atoms with Gasteiger partial charge in [0.1, 0.15) is 5.82 Å². The van der Waals surface area contributed by atoms with E-state index < -0.39 is 0 Å². The maximum Gasteiger partial charge on any atom is 0.200 e. The number of rotatable bonds is 5. The predicted octanol–water partition coefficient (Wildman–Crippen LogP) is 2.18. The minimum absolute atomic E-state index is 0.421. The monoisotopic (exact) mass is 260 g/mol. The molecule has 0 unspecified atom stereocenters. The van der Waals surface area contributed by atoms with Crippen LogP contribution in [0.1, 0.15) is 51.3 Å². The lowest BCUT2D eigenvalue weighted by molar-refractivity contribution is 0.664. The summed E-state index contributed by atoms with van der Waals surface area (Å²) in [5.74, 6) is 2.25. The summed E-state index contributed by atoms with van der Waals surface area (Å²) in [6, 6.07) is 2.27. The Labute approximate surface area is 112 Å². The Hall–Kier alpha value is -1.85. The van der Waals surface area contributed by atoms with Gasteiger partial charge in [0, 0.05) is 18.0 Å². The maximum atomic E-state index is 6.05. The third kappa shape index (κ3) is 2.22. The lowest BCUT2D eigenvalue weighted by Gasteiger charge is -2.15. The van der Waals surface area contributed by atoms with Crippen LogP contribution in [0.15, 0.2) is 6.07 Å². The van der Waals surface area contributed by atoms with E-state index in [0.717, 1.165) is 24.5 Å². The van der Waals surface area contributed by atoms with E-state index in [0.29, 0.717) is 23.3 Å². The van der Waals surface area contributed by atoms with E-state index in [9.17, 15) is 0 Å². The van der Waals surface area contributed by atoms with Crippen LogP contribution in [-0.4, -0.2) is 25.9 Å². The van der Waals surface area contributed by atoms with E-state index in [1.165, 1.54) is 12.8 Å². The van der Waals surface area contributed by atoms with Crippen LogP contribution < -0.4 is 11.1 Å². The molecule has 2 aromatic heterocycles. The van der Waals surface area contributed by atoms with Gasteiger partial charge in [-0.3, -0.25) is 0 Å². The molecule has 0 bridgehead atoms. The number of nitrogens with zero attached hydrogens (tertiary/aromatic N) is 4. The second-order valence-corrected chi connectivity index (χ2v) is 5.21. The molecule has 102 valence electrons. The zero-order chi connectivity index (χ0) is 13.4.